The van der Waals surface area contributed by atoms with E-state index in [1.807, 2.05) is 74.5 Å². The van der Waals surface area contributed by atoms with Gasteiger partial charge in [-0.3, -0.25) is 9.59 Å². The number of hydrogen-bond acceptors (Lipinski definition) is 5. The number of hydrogen-bond donors (Lipinski definition) is 1. The van der Waals surface area contributed by atoms with Crippen LogP contribution in [0.25, 0.3) is 11.3 Å². The van der Waals surface area contributed by atoms with Gasteiger partial charge in [0.1, 0.15) is 11.6 Å². The Hall–Kier alpha value is -4.52. The molecule has 7 nitrogen and oxygen atoms in total. The largest absolute Gasteiger partial charge is 0.438 e. The van der Waals surface area contributed by atoms with Crippen LogP contribution in [0.1, 0.15) is 41.3 Å². The van der Waals surface area contributed by atoms with E-state index in [4.69, 9.17) is 9.72 Å². The number of nitrogens with zero attached hydrogens (tertiary/aromatic N) is 3. The maximum Gasteiger partial charge on any atom is 0.253 e. The second kappa shape index (κ2) is 9.50. The van der Waals surface area contributed by atoms with Crippen molar-refractivity contribution >= 4 is 17.6 Å². The fraction of sp³-hybridized carbons (Fsp3) is 0.200. The highest BCUT2D eigenvalue weighted by molar-refractivity contribution is 5.96. The van der Waals surface area contributed by atoms with Crippen LogP contribution in [0.3, 0.4) is 0 Å². The molecule has 2 aromatic heterocycles. The molecular formula is C30H28N4O3. The highest BCUT2D eigenvalue weighted by Gasteiger charge is 2.44. The summed E-state index contributed by atoms with van der Waals surface area (Å²) in [6.07, 6.45) is 1.65. The molecule has 2 aromatic carbocycles. The van der Waals surface area contributed by atoms with Crippen molar-refractivity contribution in [2.24, 2.45) is 5.41 Å². The van der Waals surface area contributed by atoms with Crippen LogP contribution in [-0.2, 0) is 4.79 Å². The second-order valence-electron chi connectivity index (χ2n) is 9.83. The van der Waals surface area contributed by atoms with Crippen LogP contribution in [0.4, 0.5) is 5.82 Å². The summed E-state index contributed by atoms with van der Waals surface area (Å²) in [7, 11) is 3.45. The van der Waals surface area contributed by atoms with Gasteiger partial charge in [0.05, 0.1) is 11.1 Å². The van der Waals surface area contributed by atoms with Gasteiger partial charge in [0.15, 0.2) is 0 Å². The zero-order valence-corrected chi connectivity index (χ0v) is 21.2. The molecule has 1 N–H and O–H groups in total. The Labute approximate surface area is 216 Å². The molecule has 1 aliphatic rings. The van der Waals surface area contributed by atoms with Gasteiger partial charge in [-0.05, 0) is 36.4 Å². The van der Waals surface area contributed by atoms with Crippen molar-refractivity contribution in [3.05, 3.63) is 102 Å². The van der Waals surface area contributed by atoms with E-state index in [1.165, 1.54) is 0 Å². The third-order valence-electron chi connectivity index (χ3n) is 6.68. The summed E-state index contributed by atoms with van der Waals surface area (Å²) in [5.74, 6) is 1.15. The zero-order chi connectivity index (χ0) is 26.2. The molecule has 1 aliphatic heterocycles. The molecule has 2 amide bonds. The topological polar surface area (TPSA) is 84.4 Å². The molecule has 7 heteroatoms. The molecule has 5 rings (SSSR count). The highest BCUT2D eigenvalue weighted by atomic mass is 16.5. The van der Waals surface area contributed by atoms with E-state index in [2.05, 4.69) is 10.3 Å². The first-order valence-corrected chi connectivity index (χ1v) is 12.1. The number of rotatable bonds is 5. The first kappa shape index (κ1) is 24.2. The third kappa shape index (κ3) is 4.56. The standard InChI is InChI=1S/C30H28N4O3/c1-30(2,29(36)33-25-11-7-8-18-31-25)26-21-9-5-6-10-24(21)37-27-22(26)16-17-23(32-27)19-12-14-20(15-13-19)28(35)34(3)4/h5-18,26H,1-4H3,(H,31,33,36). The van der Waals surface area contributed by atoms with Gasteiger partial charge in [0, 0.05) is 48.5 Å². The molecule has 0 radical (unpaired) electrons. The Morgan fingerprint density at radius 3 is 2.32 bits per heavy atom. The number of fused-ring (bicyclic) bond motifs is 2. The smallest absolute Gasteiger partial charge is 0.253 e. The van der Waals surface area contributed by atoms with E-state index in [-0.39, 0.29) is 17.7 Å². The number of ether oxygens (including phenoxy) is 1. The van der Waals surface area contributed by atoms with Crippen LogP contribution in [0, 0.1) is 5.41 Å². The van der Waals surface area contributed by atoms with Crippen molar-refractivity contribution in [2.75, 3.05) is 19.4 Å². The average Bonchev–Trinajstić information content (AvgIpc) is 2.91. The van der Waals surface area contributed by atoms with Crippen LogP contribution in [0.15, 0.2) is 85.1 Å². The molecule has 0 saturated carbocycles. The molecule has 0 saturated heterocycles. The number of anilines is 1. The number of amides is 2. The SMILES string of the molecule is CN(C)C(=O)c1ccc(-c2ccc3c(n2)Oc2ccccc2C3C(C)(C)C(=O)Nc2ccccn2)cc1. The minimum absolute atomic E-state index is 0.0565. The third-order valence-corrected chi connectivity index (χ3v) is 6.68. The van der Waals surface area contributed by atoms with Crippen molar-refractivity contribution in [3.8, 4) is 22.9 Å². The van der Waals surface area contributed by atoms with Crippen molar-refractivity contribution < 1.29 is 14.3 Å². The summed E-state index contributed by atoms with van der Waals surface area (Å²) in [6.45, 7) is 3.85. The van der Waals surface area contributed by atoms with E-state index >= 15 is 0 Å². The molecule has 3 heterocycles. The highest BCUT2D eigenvalue weighted by Crippen LogP contribution is 2.51. The Balaban J connectivity index is 1.52. The molecule has 0 aliphatic carbocycles. The molecule has 37 heavy (non-hydrogen) atoms. The zero-order valence-electron chi connectivity index (χ0n) is 21.2. The van der Waals surface area contributed by atoms with E-state index in [9.17, 15) is 9.59 Å². The number of benzene rings is 2. The van der Waals surface area contributed by atoms with Gasteiger partial charge in [0.25, 0.3) is 5.91 Å². The Kier molecular flexibility index (Phi) is 6.21. The lowest BCUT2D eigenvalue weighted by atomic mass is 9.69. The first-order chi connectivity index (χ1) is 17.8. The summed E-state index contributed by atoms with van der Waals surface area (Å²) >= 11 is 0. The lowest BCUT2D eigenvalue weighted by Gasteiger charge is -2.37. The fourth-order valence-corrected chi connectivity index (χ4v) is 4.66. The van der Waals surface area contributed by atoms with Crippen molar-refractivity contribution in [3.63, 3.8) is 0 Å². The minimum atomic E-state index is -0.844. The van der Waals surface area contributed by atoms with Crippen LogP contribution in [0.5, 0.6) is 11.6 Å². The molecule has 0 spiro atoms. The minimum Gasteiger partial charge on any atom is -0.438 e. The predicted molar refractivity (Wildman–Crippen MR) is 143 cm³/mol. The van der Waals surface area contributed by atoms with Crippen LogP contribution >= 0.6 is 0 Å². The maximum atomic E-state index is 13.5. The monoisotopic (exact) mass is 492 g/mol. The number of nitrogens with one attached hydrogen (secondary N) is 1. The summed E-state index contributed by atoms with van der Waals surface area (Å²) < 4.78 is 6.24. The molecule has 1 unspecified atom stereocenters. The van der Waals surface area contributed by atoms with Crippen LogP contribution in [0.2, 0.25) is 0 Å². The molecular weight excluding hydrogens is 464 g/mol. The Morgan fingerprint density at radius 2 is 1.62 bits per heavy atom. The number of carbonyl (C=O) groups excluding carboxylic acids is 2. The van der Waals surface area contributed by atoms with Crippen molar-refractivity contribution in [2.45, 2.75) is 19.8 Å². The Bertz CT molecular complexity index is 1460. The number of pyridine rings is 2. The van der Waals surface area contributed by atoms with E-state index in [0.29, 0.717) is 23.0 Å². The van der Waals surface area contributed by atoms with Gasteiger partial charge >= 0.3 is 0 Å². The second-order valence-corrected chi connectivity index (χ2v) is 9.83. The molecule has 186 valence electrons. The van der Waals surface area contributed by atoms with Crippen LogP contribution < -0.4 is 10.1 Å². The average molecular weight is 493 g/mol. The molecule has 4 aromatic rings. The van der Waals surface area contributed by atoms with E-state index in [0.717, 1.165) is 22.4 Å². The molecule has 0 fully saturated rings. The molecule has 1 atom stereocenters. The number of para-hydroxylation sites is 1. The maximum absolute atomic E-state index is 13.5. The Morgan fingerprint density at radius 1 is 0.892 bits per heavy atom. The number of carbonyl (C=O) groups is 2. The lowest BCUT2D eigenvalue weighted by molar-refractivity contribution is -0.124. The van der Waals surface area contributed by atoms with E-state index in [1.54, 1.807) is 43.4 Å². The first-order valence-electron chi connectivity index (χ1n) is 12.1. The van der Waals surface area contributed by atoms with Gasteiger partial charge in [-0.15, -0.1) is 0 Å². The lowest BCUT2D eigenvalue weighted by Crippen LogP contribution is -2.38. The summed E-state index contributed by atoms with van der Waals surface area (Å²) in [6, 6.07) is 24.4. The van der Waals surface area contributed by atoms with Gasteiger partial charge in [0.2, 0.25) is 11.8 Å². The van der Waals surface area contributed by atoms with Crippen molar-refractivity contribution in [1.82, 2.24) is 14.9 Å². The van der Waals surface area contributed by atoms with Crippen LogP contribution in [-0.4, -0.2) is 40.8 Å². The van der Waals surface area contributed by atoms with Gasteiger partial charge < -0.3 is 15.0 Å². The van der Waals surface area contributed by atoms with Crippen molar-refractivity contribution in [1.29, 1.82) is 0 Å². The van der Waals surface area contributed by atoms with E-state index < -0.39 is 5.41 Å². The van der Waals surface area contributed by atoms with Gasteiger partial charge in [-0.1, -0.05) is 56.3 Å². The fourth-order valence-electron chi connectivity index (χ4n) is 4.66. The number of aromatic nitrogens is 2. The van der Waals surface area contributed by atoms with Gasteiger partial charge in [-0.2, -0.15) is 0 Å². The molecule has 0 bridgehead atoms. The van der Waals surface area contributed by atoms with Gasteiger partial charge in [-0.25, -0.2) is 9.97 Å². The predicted octanol–water partition coefficient (Wildman–Crippen LogP) is 5.75. The normalized spacial score (nSPS) is 14.1. The summed E-state index contributed by atoms with van der Waals surface area (Å²) in [5, 5.41) is 2.96. The summed E-state index contributed by atoms with van der Waals surface area (Å²) in [4.78, 5) is 36.4. The quantitative estimate of drug-likeness (QED) is 0.384. The summed E-state index contributed by atoms with van der Waals surface area (Å²) in [5.41, 5.74) is 3.11.